The molecule has 0 saturated carbocycles. The van der Waals surface area contributed by atoms with E-state index in [-0.39, 0.29) is 0 Å². The third kappa shape index (κ3) is 16.1. The fourth-order valence-corrected chi connectivity index (χ4v) is 11.1. The number of rotatable bonds is 15. The third-order valence-corrected chi connectivity index (χ3v) is 15.6. The molecule has 30 atom stereocenters. The average Bonchev–Trinajstić information content (AvgIpc) is 3.57. The number of methoxy groups -OCH3 is 3. The molecule has 22 fully saturated rings. The lowest BCUT2D eigenvalue weighted by Gasteiger charge is -2.51. The van der Waals surface area contributed by atoms with E-state index >= 15 is 0 Å². The van der Waals surface area contributed by atoms with Gasteiger partial charge in [-0.3, -0.25) is 12.5 Å². The van der Waals surface area contributed by atoms with E-state index in [9.17, 15) is 86.5 Å². The summed E-state index contributed by atoms with van der Waals surface area (Å²) in [5, 5.41) is 139. The van der Waals surface area contributed by atoms with Gasteiger partial charge < -0.3 is 132 Å². The molecule has 22 aliphatic heterocycles. The number of hydrogen-bond acceptors (Lipinski definition) is 36. The Balaban J connectivity index is 1.28. The first-order chi connectivity index (χ1) is 37.9. The highest BCUT2D eigenvalue weighted by Gasteiger charge is 2.59. The van der Waals surface area contributed by atoms with E-state index in [0.29, 0.717) is 18.8 Å². The maximum Gasteiger partial charge on any atom is 0.264 e. The molecule has 0 aromatic carbocycles. The van der Waals surface area contributed by atoms with Crippen LogP contribution in [0.15, 0.2) is 0 Å². The molecule has 22 heterocycles. The molecular weight excluding hydrogens is 1180 g/mol. The molecule has 30 unspecified atom stereocenters. The Hall–Kier alpha value is -1.35. The number of hydrogen-bond donors (Lipinski definition) is 12. The van der Waals surface area contributed by atoms with Crippen molar-refractivity contribution >= 4 is 30.4 Å². The fourth-order valence-electron chi connectivity index (χ4n) is 9.92. The van der Waals surface area contributed by atoms with Gasteiger partial charge in [0.2, 0.25) is 0 Å². The average molecular weight is 1250 g/mol. The van der Waals surface area contributed by atoms with Crippen LogP contribution in [-0.4, -0.2) is 351 Å². The number of ether oxygens (including phenoxy) is 15. The second kappa shape index (κ2) is 27.8. The molecule has 22 saturated heterocycles. The van der Waals surface area contributed by atoms with Gasteiger partial charge in [-0.1, -0.05) is 0 Å². The minimum absolute atomic E-state index is 0.543. The first kappa shape index (κ1) is 67.2. The molecule has 39 heteroatoms. The van der Waals surface area contributed by atoms with Crippen molar-refractivity contribution in [3.63, 3.8) is 0 Å². The SMILES string of the molecule is COCC1OC2OC3C(COS(C)(=O)=O)OC(OC4C(COC)OC(OC5C(COS(C)(=O)=O)OC(OC6C(COC)OC(OC7C(COS(C)(=O)=O)OC(OC1C(O)C2O)C(O)C7O)C(O)C6O)C(O)C5O)C(O)C4O)C(O)C3O. The van der Waals surface area contributed by atoms with Crippen molar-refractivity contribution in [2.24, 2.45) is 0 Å². The molecule has 0 aromatic rings. The molecule has 12 N–H and O–H groups in total. The Morgan fingerprint density at radius 1 is 0.259 bits per heavy atom. The Morgan fingerprint density at radius 3 is 0.543 bits per heavy atom. The highest BCUT2D eigenvalue weighted by molar-refractivity contribution is 7.86. The molecule has 36 nitrogen and oxygen atoms in total. The van der Waals surface area contributed by atoms with Gasteiger partial charge in [0.15, 0.2) is 37.7 Å². The summed E-state index contributed by atoms with van der Waals surface area (Å²) >= 11 is 0. The van der Waals surface area contributed by atoms with Crippen LogP contribution in [0.4, 0.5) is 0 Å². The van der Waals surface area contributed by atoms with Crippen LogP contribution >= 0.6 is 0 Å². The van der Waals surface area contributed by atoms with Crippen LogP contribution in [0.1, 0.15) is 0 Å². The predicted octanol–water partition coefficient (Wildman–Crippen LogP) is -11.1. The Morgan fingerprint density at radius 2 is 0.407 bits per heavy atom. The van der Waals surface area contributed by atoms with Crippen molar-refractivity contribution in [3.05, 3.63) is 0 Å². The van der Waals surface area contributed by atoms with E-state index in [0.717, 1.165) is 21.3 Å². The van der Waals surface area contributed by atoms with E-state index < -0.39 is 254 Å². The third-order valence-electron chi connectivity index (χ3n) is 13.9. The van der Waals surface area contributed by atoms with Crippen molar-refractivity contribution in [1.82, 2.24) is 0 Å². The van der Waals surface area contributed by atoms with Gasteiger partial charge in [0.25, 0.3) is 30.4 Å². The topological polar surface area (TPSA) is 511 Å². The highest BCUT2D eigenvalue weighted by atomic mass is 32.2. The number of aliphatic hydroxyl groups is 12. The summed E-state index contributed by atoms with van der Waals surface area (Å²) in [4.78, 5) is 0. The highest BCUT2D eigenvalue weighted by Crippen LogP contribution is 2.39. The van der Waals surface area contributed by atoms with E-state index in [1.165, 1.54) is 0 Å². The Kier molecular flexibility index (Phi) is 23.0. The molecule has 0 aliphatic carbocycles. The second-order valence-electron chi connectivity index (χ2n) is 20.1. The smallest absolute Gasteiger partial charge is 0.264 e. The fraction of sp³-hybridized carbons (Fsp3) is 1.00. The lowest BCUT2D eigenvalue weighted by Crippen LogP contribution is -2.69. The van der Waals surface area contributed by atoms with E-state index in [1.807, 2.05) is 0 Å². The lowest BCUT2D eigenvalue weighted by molar-refractivity contribution is -0.403. The van der Waals surface area contributed by atoms with Gasteiger partial charge in [-0.05, 0) is 0 Å². The lowest BCUT2D eigenvalue weighted by atomic mass is 9.94. The van der Waals surface area contributed by atoms with Crippen molar-refractivity contribution in [3.8, 4) is 0 Å². The first-order valence-electron chi connectivity index (χ1n) is 24.9. The van der Waals surface area contributed by atoms with Gasteiger partial charge in [0.05, 0.1) is 58.4 Å². The van der Waals surface area contributed by atoms with Crippen LogP contribution in [0.3, 0.4) is 0 Å². The normalized spacial score (nSPS) is 47.9. The molecule has 474 valence electrons. The van der Waals surface area contributed by atoms with Crippen LogP contribution < -0.4 is 0 Å². The molecule has 22 aliphatic rings. The van der Waals surface area contributed by atoms with Crippen molar-refractivity contribution in [1.29, 1.82) is 0 Å². The summed E-state index contributed by atoms with van der Waals surface area (Å²) in [6.07, 6.45) is -59.3. The van der Waals surface area contributed by atoms with Crippen molar-refractivity contribution < 1.29 is 170 Å². The van der Waals surface area contributed by atoms with Gasteiger partial charge in [-0.15, -0.1) is 0 Å². The largest absolute Gasteiger partial charge is 0.387 e. The molecular formula is C42H72O36S3. The zero-order chi connectivity index (χ0) is 59.8. The number of aliphatic hydroxyl groups excluding tert-OH is 12. The first-order valence-corrected chi connectivity index (χ1v) is 30.3. The van der Waals surface area contributed by atoms with Gasteiger partial charge in [0.1, 0.15) is 146 Å². The minimum atomic E-state index is -4.34. The second-order valence-corrected chi connectivity index (χ2v) is 25.0. The zero-order valence-electron chi connectivity index (χ0n) is 44.0. The summed E-state index contributed by atoms with van der Waals surface area (Å²) in [5.41, 5.74) is 0. The molecule has 0 spiro atoms. The van der Waals surface area contributed by atoms with Crippen LogP contribution in [0.5, 0.6) is 0 Å². The van der Waals surface area contributed by atoms with Crippen molar-refractivity contribution in [2.75, 3.05) is 79.7 Å². The molecule has 22 rings (SSSR count). The Labute approximate surface area is 463 Å². The minimum Gasteiger partial charge on any atom is -0.387 e. The summed E-state index contributed by atoms with van der Waals surface area (Å²) in [7, 11) is -9.54. The van der Waals surface area contributed by atoms with E-state index in [1.54, 1.807) is 0 Å². The van der Waals surface area contributed by atoms with Crippen LogP contribution in [-0.2, 0) is 114 Å². The quantitative estimate of drug-likeness (QED) is 0.0678. The summed E-state index contributed by atoms with van der Waals surface area (Å²) < 4.78 is 175. The molecule has 0 radical (unpaired) electrons. The molecule has 0 amide bonds. The standard InChI is InChI=1S/C42H72O36S3/c1-61-7-13-31-19(43)25(49)37(67-13)76-34-16(10-64-79(4,55)56)71-41(29(53)23(34)47)74-32-14(8-62-2)69-39(27(51)21(32)45)78-36-18(12-66-81(6,59)60)72-42(30(54)24(36)48)75-33-15(9-63-3)68-38(26(50)20(33)44)77-35-17(11-65-80(5,57)58)70-40(73-31)28(52)22(35)46/h13-54H,7-12H2,1-6H3. The summed E-state index contributed by atoms with van der Waals surface area (Å²) in [6, 6.07) is 0. The monoisotopic (exact) mass is 1250 g/mol. The summed E-state index contributed by atoms with van der Waals surface area (Å²) in [5.74, 6) is 0. The van der Waals surface area contributed by atoms with Crippen LogP contribution in [0, 0.1) is 0 Å². The summed E-state index contributed by atoms with van der Waals surface area (Å²) in [6.45, 7) is -4.72. The molecule has 0 aromatic heterocycles. The maximum absolute atomic E-state index is 12.3. The van der Waals surface area contributed by atoms with Gasteiger partial charge >= 0.3 is 0 Å². The van der Waals surface area contributed by atoms with E-state index in [2.05, 4.69) is 0 Å². The van der Waals surface area contributed by atoms with Crippen LogP contribution in [0.2, 0.25) is 0 Å². The Bertz CT molecular complexity index is 2090. The van der Waals surface area contributed by atoms with Gasteiger partial charge in [0, 0.05) is 21.3 Å². The zero-order valence-corrected chi connectivity index (χ0v) is 46.4. The predicted molar refractivity (Wildman–Crippen MR) is 251 cm³/mol. The van der Waals surface area contributed by atoms with E-state index in [4.69, 9.17) is 83.6 Å². The molecule has 12 bridgehead atoms. The van der Waals surface area contributed by atoms with Gasteiger partial charge in [-0.25, -0.2) is 0 Å². The maximum atomic E-state index is 12.3. The van der Waals surface area contributed by atoms with Gasteiger partial charge in [-0.2, -0.15) is 25.3 Å². The van der Waals surface area contributed by atoms with Crippen LogP contribution in [0.25, 0.3) is 0 Å². The molecule has 81 heavy (non-hydrogen) atoms. The van der Waals surface area contributed by atoms with Crippen molar-refractivity contribution in [2.45, 2.75) is 184 Å².